The van der Waals surface area contributed by atoms with E-state index in [2.05, 4.69) is 10.6 Å². The predicted molar refractivity (Wildman–Crippen MR) is 69.4 cm³/mol. The van der Waals surface area contributed by atoms with Gasteiger partial charge < -0.3 is 20.5 Å². The Labute approximate surface area is 110 Å². The second-order valence-corrected chi connectivity index (χ2v) is 4.37. The fourth-order valence-electron chi connectivity index (χ4n) is 2.03. The van der Waals surface area contributed by atoms with Crippen LogP contribution in [-0.4, -0.2) is 43.3 Å². The molecule has 0 spiro atoms. The number of ether oxygens (including phenoxy) is 1. The van der Waals surface area contributed by atoms with Gasteiger partial charge in [-0.25, -0.2) is 4.79 Å². The highest BCUT2D eigenvalue weighted by atomic mass is 16.5. The van der Waals surface area contributed by atoms with E-state index in [9.17, 15) is 9.59 Å². The molecule has 1 heterocycles. The summed E-state index contributed by atoms with van der Waals surface area (Å²) in [6.07, 6.45) is 0.872. The lowest BCUT2D eigenvalue weighted by atomic mass is 10.1. The molecule has 1 unspecified atom stereocenters. The van der Waals surface area contributed by atoms with Gasteiger partial charge in [0.2, 0.25) is 0 Å². The zero-order valence-corrected chi connectivity index (χ0v) is 10.6. The molecule has 1 aromatic rings. The number of hydrogen-bond acceptors (Lipinski definition) is 4. The van der Waals surface area contributed by atoms with Crippen LogP contribution in [0.25, 0.3) is 0 Å². The van der Waals surface area contributed by atoms with Gasteiger partial charge in [-0.2, -0.15) is 0 Å². The number of amides is 1. The molecule has 0 aliphatic carbocycles. The van der Waals surface area contributed by atoms with E-state index in [-0.39, 0.29) is 6.61 Å². The molecular weight excluding hydrogens is 248 g/mol. The number of fused-ring (bicyclic) bond motifs is 1. The van der Waals surface area contributed by atoms with Crippen molar-refractivity contribution >= 4 is 17.6 Å². The number of methoxy groups -OCH3 is 1. The van der Waals surface area contributed by atoms with Crippen LogP contribution in [0.1, 0.15) is 15.9 Å². The lowest BCUT2D eigenvalue weighted by Crippen LogP contribution is -2.43. The largest absolute Gasteiger partial charge is 0.480 e. The Bertz CT molecular complexity index is 501. The molecule has 0 radical (unpaired) electrons. The van der Waals surface area contributed by atoms with Gasteiger partial charge in [-0.1, -0.05) is 0 Å². The molecule has 1 aliphatic rings. The quantitative estimate of drug-likeness (QED) is 0.720. The summed E-state index contributed by atoms with van der Waals surface area (Å²) in [5.41, 5.74) is 2.57. The van der Waals surface area contributed by atoms with Gasteiger partial charge in [0.1, 0.15) is 0 Å². The first-order valence-electron chi connectivity index (χ1n) is 6.01. The van der Waals surface area contributed by atoms with Crippen molar-refractivity contribution in [3.63, 3.8) is 0 Å². The lowest BCUT2D eigenvalue weighted by Gasteiger charge is -2.13. The monoisotopic (exact) mass is 264 g/mol. The number of carbonyl (C=O) groups excluding carboxylic acids is 1. The minimum atomic E-state index is -1.11. The number of rotatable bonds is 5. The summed E-state index contributed by atoms with van der Waals surface area (Å²) in [6, 6.07) is 4.27. The van der Waals surface area contributed by atoms with Crippen molar-refractivity contribution in [1.29, 1.82) is 0 Å². The summed E-state index contributed by atoms with van der Waals surface area (Å²) in [6.45, 7) is 0.801. The third-order valence-corrected chi connectivity index (χ3v) is 3.01. The smallest absolute Gasteiger partial charge is 0.328 e. The van der Waals surface area contributed by atoms with Gasteiger partial charge in [0.25, 0.3) is 5.91 Å². The molecule has 1 amide bonds. The molecule has 0 saturated heterocycles. The molecule has 19 heavy (non-hydrogen) atoms. The molecule has 0 fully saturated rings. The normalized spacial score (nSPS) is 14.4. The van der Waals surface area contributed by atoms with Crippen LogP contribution in [0.3, 0.4) is 0 Å². The third-order valence-electron chi connectivity index (χ3n) is 3.01. The number of carboxylic acid groups (broad SMARTS) is 1. The van der Waals surface area contributed by atoms with E-state index in [1.54, 1.807) is 12.1 Å². The standard InChI is InChI=1S/C13H16N2O4/c1-19-7-11(13(17)18)15-12(16)9-2-3-10-8(6-9)4-5-14-10/h2-3,6,11,14H,4-5,7H2,1H3,(H,15,16)(H,17,18). The second-order valence-electron chi connectivity index (χ2n) is 4.37. The van der Waals surface area contributed by atoms with Crippen molar-refractivity contribution in [3.8, 4) is 0 Å². The van der Waals surface area contributed by atoms with E-state index >= 15 is 0 Å². The van der Waals surface area contributed by atoms with Crippen LogP contribution in [0.5, 0.6) is 0 Å². The summed E-state index contributed by atoms with van der Waals surface area (Å²) in [5.74, 6) is -1.52. The zero-order chi connectivity index (χ0) is 13.8. The minimum absolute atomic E-state index is 0.0619. The summed E-state index contributed by atoms with van der Waals surface area (Å²) < 4.78 is 4.77. The van der Waals surface area contributed by atoms with Crippen molar-refractivity contribution in [2.45, 2.75) is 12.5 Å². The maximum absolute atomic E-state index is 12.0. The van der Waals surface area contributed by atoms with Crippen LogP contribution in [0, 0.1) is 0 Å². The summed E-state index contributed by atoms with van der Waals surface area (Å²) in [4.78, 5) is 22.9. The topological polar surface area (TPSA) is 87.7 Å². The summed E-state index contributed by atoms with van der Waals surface area (Å²) in [7, 11) is 1.39. The molecular formula is C13H16N2O4. The van der Waals surface area contributed by atoms with Gasteiger partial charge in [0, 0.05) is 24.9 Å². The number of carbonyl (C=O) groups is 2. The Kier molecular flexibility index (Phi) is 4.01. The van der Waals surface area contributed by atoms with Crippen LogP contribution in [-0.2, 0) is 16.0 Å². The van der Waals surface area contributed by atoms with Crippen LogP contribution in [0.15, 0.2) is 18.2 Å². The maximum Gasteiger partial charge on any atom is 0.328 e. The Morgan fingerprint density at radius 2 is 2.32 bits per heavy atom. The summed E-state index contributed by atoms with van der Waals surface area (Å²) >= 11 is 0. The number of anilines is 1. The highest BCUT2D eigenvalue weighted by Crippen LogP contribution is 2.22. The van der Waals surface area contributed by atoms with Gasteiger partial charge in [-0.15, -0.1) is 0 Å². The van der Waals surface area contributed by atoms with Gasteiger partial charge in [-0.05, 0) is 30.2 Å². The van der Waals surface area contributed by atoms with E-state index in [1.165, 1.54) is 7.11 Å². The van der Waals surface area contributed by atoms with Gasteiger partial charge in [0.05, 0.1) is 6.61 Å². The third kappa shape index (κ3) is 3.03. The fraction of sp³-hybridized carbons (Fsp3) is 0.385. The molecule has 6 heteroatoms. The number of nitrogens with one attached hydrogen (secondary N) is 2. The van der Waals surface area contributed by atoms with Gasteiger partial charge in [0.15, 0.2) is 6.04 Å². The average Bonchev–Trinajstić information content (AvgIpc) is 2.85. The first kappa shape index (κ1) is 13.4. The van der Waals surface area contributed by atoms with E-state index in [4.69, 9.17) is 9.84 Å². The van der Waals surface area contributed by atoms with Crippen LogP contribution < -0.4 is 10.6 Å². The van der Waals surface area contributed by atoms with Crippen LogP contribution in [0.4, 0.5) is 5.69 Å². The molecule has 1 aromatic carbocycles. The van der Waals surface area contributed by atoms with E-state index < -0.39 is 17.9 Å². The zero-order valence-electron chi connectivity index (χ0n) is 10.6. The number of carboxylic acids is 1. The molecule has 0 bridgehead atoms. The van der Waals surface area contributed by atoms with E-state index in [0.717, 1.165) is 24.2 Å². The number of aliphatic carboxylic acids is 1. The number of benzene rings is 1. The average molecular weight is 264 g/mol. The Hall–Kier alpha value is -2.08. The molecule has 1 aliphatic heterocycles. The Balaban J connectivity index is 2.09. The predicted octanol–water partition coefficient (Wildman–Crippen LogP) is 0.484. The van der Waals surface area contributed by atoms with Gasteiger partial charge >= 0.3 is 5.97 Å². The molecule has 2 rings (SSSR count). The van der Waals surface area contributed by atoms with E-state index in [1.807, 2.05) is 6.07 Å². The van der Waals surface area contributed by atoms with Gasteiger partial charge in [-0.3, -0.25) is 4.79 Å². The summed E-state index contributed by atoms with van der Waals surface area (Å²) in [5, 5.41) is 14.6. The highest BCUT2D eigenvalue weighted by molar-refractivity contribution is 5.97. The number of hydrogen-bond donors (Lipinski definition) is 3. The molecule has 102 valence electrons. The SMILES string of the molecule is COCC(NC(=O)c1ccc2c(c1)CCN2)C(=O)O. The Morgan fingerprint density at radius 3 is 3.00 bits per heavy atom. The second kappa shape index (κ2) is 5.71. The fourth-order valence-corrected chi connectivity index (χ4v) is 2.03. The molecule has 3 N–H and O–H groups in total. The van der Waals surface area contributed by atoms with Crippen molar-refractivity contribution in [2.24, 2.45) is 0 Å². The Morgan fingerprint density at radius 1 is 1.53 bits per heavy atom. The maximum atomic E-state index is 12.0. The molecule has 0 aromatic heterocycles. The lowest BCUT2D eigenvalue weighted by molar-refractivity contribution is -0.140. The van der Waals surface area contributed by atoms with Crippen LogP contribution in [0.2, 0.25) is 0 Å². The first-order valence-corrected chi connectivity index (χ1v) is 6.01. The van der Waals surface area contributed by atoms with Crippen molar-refractivity contribution < 1.29 is 19.4 Å². The van der Waals surface area contributed by atoms with Crippen molar-refractivity contribution in [3.05, 3.63) is 29.3 Å². The molecule has 6 nitrogen and oxygen atoms in total. The highest BCUT2D eigenvalue weighted by Gasteiger charge is 2.21. The molecule has 0 saturated carbocycles. The van der Waals surface area contributed by atoms with Crippen LogP contribution >= 0.6 is 0 Å². The van der Waals surface area contributed by atoms with Crippen molar-refractivity contribution in [1.82, 2.24) is 5.32 Å². The van der Waals surface area contributed by atoms with Crippen molar-refractivity contribution in [2.75, 3.05) is 25.6 Å². The first-order chi connectivity index (χ1) is 9.11. The molecule has 1 atom stereocenters. The van der Waals surface area contributed by atoms with E-state index in [0.29, 0.717) is 5.56 Å². The minimum Gasteiger partial charge on any atom is -0.480 e.